The first kappa shape index (κ1) is 15.9. The number of hydrogen-bond donors (Lipinski definition) is 1. The van der Waals surface area contributed by atoms with E-state index in [2.05, 4.69) is 5.32 Å². The molecule has 0 aliphatic heterocycles. The largest absolute Gasteiger partial charge is 0.493 e. The number of methoxy groups -OCH3 is 1. The van der Waals surface area contributed by atoms with Gasteiger partial charge in [-0.05, 0) is 37.6 Å². The molecule has 0 unspecified atom stereocenters. The van der Waals surface area contributed by atoms with Gasteiger partial charge >= 0.3 is 0 Å². The Hall–Kier alpha value is -2.49. The fourth-order valence-corrected chi connectivity index (χ4v) is 2.19. The van der Waals surface area contributed by atoms with Gasteiger partial charge in [0.1, 0.15) is 0 Å². The Morgan fingerprint density at radius 2 is 1.86 bits per heavy atom. The smallest absolute Gasteiger partial charge is 0.251 e. The standard InChI is InChI=1S/C18H21NO3/c1-4-22-17-12-15(10-11-16(17)21-3)18(20)19-13(2)14-8-6-5-7-9-14/h5-13H,4H2,1-3H3,(H,19,20)/t13-/m0/s1. The molecule has 0 saturated heterocycles. The van der Waals surface area contributed by atoms with E-state index in [9.17, 15) is 4.79 Å². The lowest BCUT2D eigenvalue weighted by molar-refractivity contribution is 0.0939. The third kappa shape index (κ3) is 3.79. The highest BCUT2D eigenvalue weighted by Gasteiger charge is 2.14. The van der Waals surface area contributed by atoms with Gasteiger partial charge in [0.15, 0.2) is 11.5 Å². The number of carbonyl (C=O) groups excluding carboxylic acids is 1. The summed E-state index contributed by atoms with van der Waals surface area (Å²) in [5, 5.41) is 2.98. The summed E-state index contributed by atoms with van der Waals surface area (Å²) in [7, 11) is 1.58. The Balaban J connectivity index is 2.14. The van der Waals surface area contributed by atoms with Crippen molar-refractivity contribution in [2.45, 2.75) is 19.9 Å². The van der Waals surface area contributed by atoms with Gasteiger partial charge in [0.25, 0.3) is 5.91 Å². The molecule has 2 aromatic carbocycles. The molecule has 0 spiro atoms. The van der Waals surface area contributed by atoms with Gasteiger partial charge in [-0.2, -0.15) is 0 Å². The molecule has 0 saturated carbocycles. The lowest BCUT2D eigenvalue weighted by atomic mass is 10.1. The molecule has 0 radical (unpaired) electrons. The van der Waals surface area contributed by atoms with Crippen LogP contribution < -0.4 is 14.8 Å². The van der Waals surface area contributed by atoms with Crippen LogP contribution in [0, 0.1) is 0 Å². The van der Waals surface area contributed by atoms with Crippen molar-refractivity contribution < 1.29 is 14.3 Å². The summed E-state index contributed by atoms with van der Waals surface area (Å²) in [4.78, 5) is 12.4. The van der Waals surface area contributed by atoms with Gasteiger partial charge in [-0.3, -0.25) is 4.79 Å². The quantitative estimate of drug-likeness (QED) is 0.887. The molecule has 22 heavy (non-hydrogen) atoms. The predicted molar refractivity (Wildman–Crippen MR) is 86.5 cm³/mol. The van der Waals surface area contributed by atoms with Crippen LogP contribution in [0.4, 0.5) is 0 Å². The zero-order valence-corrected chi connectivity index (χ0v) is 13.1. The van der Waals surface area contributed by atoms with Crippen LogP contribution in [-0.4, -0.2) is 19.6 Å². The number of hydrogen-bond acceptors (Lipinski definition) is 3. The first-order valence-corrected chi connectivity index (χ1v) is 7.32. The normalized spacial score (nSPS) is 11.6. The maximum absolute atomic E-state index is 12.4. The molecule has 0 fully saturated rings. The van der Waals surface area contributed by atoms with Crippen molar-refractivity contribution >= 4 is 5.91 Å². The molecule has 0 heterocycles. The Morgan fingerprint density at radius 1 is 1.14 bits per heavy atom. The second-order valence-corrected chi connectivity index (χ2v) is 4.90. The molecule has 1 atom stereocenters. The molecule has 0 aromatic heterocycles. The fraction of sp³-hybridized carbons (Fsp3) is 0.278. The number of rotatable bonds is 6. The van der Waals surface area contributed by atoms with Gasteiger partial charge in [0.05, 0.1) is 19.8 Å². The highest BCUT2D eigenvalue weighted by Crippen LogP contribution is 2.28. The van der Waals surface area contributed by atoms with Crippen LogP contribution in [0.2, 0.25) is 0 Å². The van der Waals surface area contributed by atoms with Crippen LogP contribution in [-0.2, 0) is 0 Å². The van der Waals surface area contributed by atoms with E-state index in [0.29, 0.717) is 23.7 Å². The van der Waals surface area contributed by atoms with Gasteiger partial charge in [-0.1, -0.05) is 30.3 Å². The van der Waals surface area contributed by atoms with E-state index in [0.717, 1.165) is 5.56 Å². The zero-order valence-electron chi connectivity index (χ0n) is 13.1. The Labute approximate surface area is 131 Å². The summed E-state index contributed by atoms with van der Waals surface area (Å²) >= 11 is 0. The predicted octanol–water partition coefficient (Wildman–Crippen LogP) is 3.58. The number of amides is 1. The highest BCUT2D eigenvalue weighted by atomic mass is 16.5. The monoisotopic (exact) mass is 299 g/mol. The van der Waals surface area contributed by atoms with Gasteiger partial charge in [0, 0.05) is 5.56 Å². The van der Waals surface area contributed by atoms with E-state index in [1.54, 1.807) is 25.3 Å². The lowest BCUT2D eigenvalue weighted by Gasteiger charge is -2.15. The molecule has 4 heteroatoms. The minimum atomic E-state index is -0.139. The molecule has 4 nitrogen and oxygen atoms in total. The second kappa shape index (κ2) is 7.50. The maximum atomic E-state index is 12.4. The highest BCUT2D eigenvalue weighted by molar-refractivity contribution is 5.95. The van der Waals surface area contributed by atoms with Crippen LogP contribution in [0.15, 0.2) is 48.5 Å². The van der Waals surface area contributed by atoms with E-state index >= 15 is 0 Å². The summed E-state index contributed by atoms with van der Waals surface area (Å²) < 4.78 is 10.7. The van der Waals surface area contributed by atoms with Crippen molar-refractivity contribution in [3.05, 3.63) is 59.7 Å². The maximum Gasteiger partial charge on any atom is 0.251 e. The van der Waals surface area contributed by atoms with E-state index in [-0.39, 0.29) is 11.9 Å². The number of nitrogens with one attached hydrogen (secondary N) is 1. The molecule has 2 aromatic rings. The van der Waals surface area contributed by atoms with Crippen LogP contribution in [0.5, 0.6) is 11.5 Å². The Morgan fingerprint density at radius 3 is 2.50 bits per heavy atom. The molecular weight excluding hydrogens is 278 g/mol. The molecule has 1 N–H and O–H groups in total. The third-order valence-corrected chi connectivity index (χ3v) is 3.37. The van der Waals surface area contributed by atoms with Crippen LogP contribution >= 0.6 is 0 Å². The average Bonchev–Trinajstić information content (AvgIpc) is 2.55. The van der Waals surface area contributed by atoms with Crippen molar-refractivity contribution in [1.82, 2.24) is 5.32 Å². The molecule has 116 valence electrons. The summed E-state index contributed by atoms with van der Waals surface area (Å²) in [5.41, 5.74) is 1.61. The third-order valence-electron chi connectivity index (χ3n) is 3.37. The molecule has 0 aliphatic rings. The van der Waals surface area contributed by atoms with Crippen LogP contribution in [0.3, 0.4) is 0 Å². The average molecular weight is 299 g/mol. The number of benzene rings is 2. The van der Waals surface area contributed by atoms with E-state index in [4.69, 9.17) is 9.47 Å². The summed E-state index contributed by atoms with van der Waals surface area (Å²) in [5.74, 6) is 1.06. The molecule has 2 rings (SSSR count). The zero-order chi connectivity index (χ0) is 15.9. The topological polar surface area (TPSA) is 47.6 Å². The first-order valence-electron chi connectivity index (χ1n) is 7.32. The van der Waals surface area contributed by atoms with E-state index < -0.39 is 0 Å². The minimum absolute atomic E-state index is 0.0636. The van der Waals surface area contributed by atoms with Crippen molar-refractivity contribution in [1.29, 1.82) is 0 Å². The Bertz CT molecular complexity index is 625. The van der Waals surface area contributed by atoms with Crippen molar-refractivity contribution in [3.8, 4) is 11.5 Å². The molecule has 0 bridgehead atoms. The second-order valence-electron chi connectivity index (χ2n) is 4.90. The number of ether oxygens (including phenoxy) is 2. The van der Waals surface area contributed by atoms with Gasteiger partial charge in [-0.25, -0.2) is 0 Å². The first-order chi connectivity index (χ1) is 10.7. The van der Waals surface area contributed by atoms with Gasteiger partial charge in [-0.15, -0.1) is 0 Å². The summed E-state index contributed by atoms with van der Waals surface area (Å²) in [6.07, 6.45) is 0. The lowest BCUT2D eigenvalue weighted by Crippen LogP contribution is -2.26. The van der Waals surface area contributed by atoms with Crippen molar-refractivity contribution in [3.63, 3.8) is 0 Å². The molecular formula is C18H21NO3. The van der Waals surface area contributed by atoms with Gasteiger partial charge < -0.3 is 14.8 Å². The van der Waals surface area contributed by atoms with E-state index in [1.807, 2.05) is 44.2 Å². The fourth-order valence-electron chi connectivity index (χ4n) is 2.19. The van der Waals surface area contributed by atoms with Crippen molar-refractivity contribution in [2.75, 3.05) is 13.7 Å². The minimum Gasteiger partial charge on any atom is -0.493 e. The number of carbonyl (C=O) groups is 1. The molecule has 0 aliphatic carbocycles. The summed E-state index contributed by atoms with van der Waals surface area (Å²) in [6.45, 7) is 4.37. The van der Waals surface area contributed by atoms with Gasteiger partial charge in [0.2, 0.25) is 0 Å². The Kier molecular flexibility index (Phi) is 5.42. The van der Waals surface area contributed by atoms with E-state index in [1.165, 1.54) is 0 Å². The van der Waals surface area contributed by atoms with Crippen LogP contribution in [0.25, 0.3) is 0 Å². The van der Waals surface area contributed by atoms with Crippen LogP contribution in [0.1, 0.15) is 35.8 Å². The summed E-state index contributed by atoms with van der Waals surface area (Å²) in [6, 6.07) is 15.0. The SMILES string of the molecule is CCOc1cc(C(=O)N[C@@H](C)c2ccccc2)ccc1OC. The van der Waals surface area contributed by atoms with Crippen molar-refractivity contribution in [2.24, 2.45) is 0 Å². The molecule has 1 amide bonds.